The van der Waals surface area contributed by atoms with Crippen molar-refractivity contribution in [3.05, 3.63) is 70.8 Å². The van der Waals surface area contributed by atoms with Gasteiger partial charge in [0.1, 0.15) is 15.7 Å². The van der Waals surface area contributed by atoms with Crippen LogP contribution in [0.3, 0.4) is 0 Å². The molecule has 0 radical (unpaired) electrons. The minimum atomic E-state index is -4.19. The molecule has 3 rings (SSSR count). The SMILES string of the molecule is O=C(Cc1nc(-c2ccccc2)cs1)NNS(=O)(=O)c1ccccc1F. The van der Waals surface area contributed by atoms with Crippen LogP contribution in [0.15, 0.2) is 64.9 Å². The molecule has 0 unspecified atom stereocenters. The third kappa shape index (κ3) is 4.31. The first-order valence-corrected chi connectivity index (χ1v) is 9.87. The Balaban J connectivity index is 1.61. The summed E-state index contributed by atoms with van der Waals surface area (Å²) in [6.07, 6.45) is -0.0999. The van der Waals surface area contributed by atoms with Crippen molar-refractivity contribution < 1.29 is 17.6 Å². The smallest absolute Gasteiger partial charge is 0.260 e. The van der Waals surface area contributed by atoms with Crippen LogP contribution in [-0.4, -0.2) is 19.3 Å². The molecule has 0 saturated heterocycles. The molecule has 26 heavy (non-hydrogen) atoms. The molecule has 3 aromatic rings. The van der Waals surface area contributed by atoms with Gasteiger partial charge in [0.05, 0.1) is 12.1 Å². The van der Waals surface area contributed by atoms with Crippen molar-refractivity contribution in [1.82, 2.24) is 15.2 Å². The quantitative estimate of drug-likeness (QED) is 0.632. The fourth-order valence-corrected chi connectivity index (χ4v) is 3.90. The Morgan fingerprint density at radius 3 is 2.50 bits per heavy atom. The summed E-state index contributed by atoms with van der Waals surface area (Å²) in [6.45, 7) is 0. The van der Waals surface area contributed by atoms with Gasteiger partial charge in [-0.15, -0.1) is 16.2 Å². The molecule has 0 fully saturated rings. The van der Waals surface area contributed by atoms with Crippen molar-refractivity contribution in [3.63, 3.8) is 0 Å². The molecule has 9 heteroatoms. The molecule has 1 heterocycles. The van der Waals surface area contributed by atoms with Crippen molar-refractivity contribution in [2.45, 2.75) is 11.3 Å². The third-order valence-electron chi connectivity index (χ3n) is 3.38. The van der Waals surface area contributed by atoms with Gasteiger partial charge < -0.3 is 0 Å². The fraction of sp³-hybridized carbons (Fsp3) is 0.0588. The van der Waals surface area contributed by atoms with E-state index < -0.39 is 26.6 Å². The van der Waals surface area contributed by atoms with Crippen LogP contribution in [0.1, 0.15) is 5.01 Å². The number of hydrogen-bond acceptors (Lipinski definition) is 5. The molecule has 0 aliphatic rings. The van der Waals surface area contributed by atoms with Crippen LogP contribution in [0.4, 0.5) is 4.39 Å². The maximum absolute atomic E-state index is 13.6. The first kappa shape index (κ1) is 18.2. The van der Waals surface area contributed by atoms with E-state index >= 15 is 0 Å². The molecule has 1 aromatic heterocycles. The average molecular weight is 391 g/mol. The number of carbonyl (C=O) groups is 1. The van der Waals surface area contributed by atoms with E-state index in [9.17, 15) is 17.6 Å². The van der Waals surface area contributed by atoms with E-state index in [1.165, 1.54) is 23.5 Å². The number of amides is 1. The van der Waals surface area contributed by atoms with E-state index in [4.69, 9.17) is 0 Å². The van der Waals surface area contributed by atoms with E-state index in [1.807, 2.05) is 40.5 Å². The number of nitrogens with zero attached hydrogens (tertiary/aromatic N) is 1. The largest absolute Gasteiger partial charge is 0.277 e. The van der Waals surface area contributed by atoms with E-state index in [0.717, 1.165) is 23.4 Å². The molecule has 0 spiro atoms. The Labute approximate surface area is 153 Å². The van der Waals surface area contributed by atoms with E-state index in [-0.39, 0.29) is 6.42 Å². The van der Waals surface area contributed by atoms with Gasteiger partial charge in [0.2, 0.25) is 5.91 Å². The Bertz CT molecular complexity index is 1020. The van der Waals surface area contributed by atoms with Gasteiger partial charge in [0, 0.05) is 10.9 Å². The van der Waals surface area contributed by atoms with Gasteiger partial charge in [0.25, 0.3) is 10.0 Å². The molecule has 2 N–H and O–H groups in total. The second-order valence-corrected chi connectivity index (χ2v) is 7.85. The molecular weight excluding hydrogens is 377 g/mol. The number of halogens is 1. The highest BCUT2D eigenvalue weighted by atomic mass is 32.2. The summed E-state index contributed by atoms with van der Waals surface area (Å²) >= 11 is 1.30. The zero-order chi connectivity index (χ0) is 18.6. The Kier molecular flexibility index (Phi) is 5.40. The number of hydrogen-bond donors (Lipinski definition) is 2. The maximum atomic E-state index is 13.6. The first-order valence-electron chi connectivity index (χ1n) is 7.51. The maximum Gasteiger partial charge on any atom is 0.260 e. The summed E-state index contributed by atoms with van der Waals surface area (Å²) in [5.41, 5.74) is 3.74. The highest BCUT2D eigenvalue weighted by molar-refractivity contribution is 7.89. The second kappa shape index (κ2) is 7.73. The minimum absolute atomic E-state index is 0.0999. The lowest BCUT2D eigenvalue weighted by Gasteiger charge is -2.08. The lowest BCUT2D eigenvalue weighted by Crippen LogP contribution is -2.42. The average Bonchev–Trinajstić information content (AvgIpc) is 3.09. The lowest BCUT2D eigenvalue weighted by atomic mass is 10.2. The van der Waals surface area contributed by atoms with E-state index in [0.29, 0.717) is 5.01 Å². The van der Waals surface area contributed by atoms with Crippen molar-refractivity contribution in [2.24, 2.45) is 0 Å². The molecule has 0 saturated carbocycles. The predicted octanol–water partition coefficient (Wildman–Crippen LogP) is 2.50. The van der Waals surface area contributed by atoms with Gasteiger partial charge >= 0.3 is 0 Å². The van der Waals surface area contributed by atoms with Gasteiger partial charge in [0.15, 0.2) is 0 Å². The molecule has 0 bridgehead atoms. The van der Waals surface area contributed by atoms with Gasteiger partial charge in [-0.1, -0.05) is 42.5 Å². The monoisotopic (exact) mass is 391 g/mol. The summed E-state index contributed by atoms with van der Waals surface area (Å²) in [7, 11) is -4.19. The van der Waals surface area contributed by atoms with Crippen LogP contribution in [0, 0.1) is 5.82 Å². The summed E-state index contributed by atoms with van der Waals surface area (Å²) < 4.78 is 37.6. The normalized spacial score (nSPS) is 11.3. The topological polar surface area (TPSA) is 88.2 Å². The van der Waals surface area contributed by atoms with E-state index in [1.54, 1.807) is 0 Å². The molecule has 2 aromatic carbocycles. The number of benzene rings is 2. The van der Waals surface area contributed by atoms with Crippen LogP contribution in [0.5, 0.6) is 0 Å². The number of thiazole rings is 1. The van der Waals surface area contributed by atoms with Gasteiger partial charge in [-0.25, -0.2) is 17.8 Å². The van der Waals surface area contributed by atoms with Crippen LogP contribution in [0.2, 0.25) is 0 Å². The Morgan fingerprint density at radius 2 is 1.77 bits per heavy atom. The number of rotatable bonds is 6. The van der Waals surface area contributed by atoms with Gasteiger partial charge in [-0.05, 0) is 12.1 Å². The van der Waals surface area contributed by atoms with Crippen LogP contribution in [0.25, 0.3) is 11.3 Å². The van der Waals surface area contributed by atoms with Crippen LogP contribution < -0.4 is 10.3 Å². The van der Waals surface area contributed by atoms with Gasteiger partial charge in [-0.2, -0.15) is 0 Å². The van der Waals surface area contributed by atoms with Crippen LogP contribution >= 0.6 is 11.3 Å². The van der Waals surface area contributed by atoms with Crippen molar-refractivity contribution in [2.75, 3.05) is 0 Å². The number of aromatic nitrogens is 1. The molecular formula is C17H14FN3O3S2. The highest BCUT2D eigenvalue weighted by Crippen LogP contribution is 2.21. The van der Waals surface area contributed by atoms with Gasteiger partial charge in [-0.3, -0.25) is 10.2 Å². The number of sulfonamides is 1. The zero-order valence-corrected chi connectivity index (χ0v) is 15.0. The predicted molar refractivity (Wildman–Crippen MR) is 96.1 cm³/mol. The standard InChI is InChI=1S/C17H14FN3O3S2/c18-13-8-4-5-9-15(13)26(23,24)21-20-16(22)10-17-19-14(11-25-17)12-6-2-1-3-7-12/h1-9,11,21H,10H2,(H,20,22). The Hall–Kier alpha value is -2.62. The second-order valence-electron chi connectivity index (χ2n) is 5.25. The third-order valence-corrected chi connectivity index (χ3v) is 5.51. The number of nitrogens with one attached hydrogen (secondary N) is 2. The van der Waals surface area contributed by atoms with Crippen molar-refractivity contribution >= 4 is 27.3 Å². The summed E-state index contributed by atoms with van der Waals surface area (Å²) in [5, 5.41) is 2.35. The minimum Gasteiger partial charge on any atom is -0.277 e. The molecule has 6 nitrogen and oxygen atoms in total. The molecule has 0 atom stereocenters. The fourth-order valence-electron chi connectivity index (χ4n) is 2.16. The van der Waals surface area contributed by atoms with E-state index in [2.05, 4.69) is 10.4 Å². The van der Waals surface area contributed by atoms with Crippen LogP contribution in [-0.2, 0) is 21.2 Å². The summed E-state index contributed by atoms with van der Waals surface area (Å²) in [5.74, 6) is -1.50. The molecule has 134 valence electrons. The number of hydrazine groups is 1. The Morgan fingerprint density at radius 1 is 1.08 bits per heavy atom. The summed E-state index contributed by atoms with van der Waals surface area (Å²) in [4.78, 5) is 17.7. The lowest BCUT2D eigenvalue weighted by molar-refractivity contribution is -0.120. The summed E-state index contributed by atoms with van der Waals surface area (Å²) in [6, 6.07) is 14.4. The molecule has 1 amide bonds. The number of carbonyl (C=O) groups excluding carboxylic acids is 1. The highest BCUT2D eigenvalue weighted by Gasteiger charge is 2.19. The zero-order valence-electron chi connectivity index (χ0n) is 13.3. The van der Waals surface area contributed by atoms with Crippen molar-refractivity contribution in [1.29, 1.82) is 0 Å². The van der Waals surface area contributed by atoms with Crippen molar-refractivity contribution in [3.8, 4) is 11.3 Å². The molecule has 0 aliphatic heterocycles. The molecule has 0 aliphatic carbocycles. The first-order chi connectivity index (χ1) is 12.5.